The molecule has 0 atom stereocenters. The number of nitrogens with zero attached hydrogens (tertiary/aromatic N) is 2. The van der Waals surface area contributed by atoms with E-state index in [0.717, 1.165) is 22.6 Å². The molecule has 120 valence electrons. The number of anilines is 1. The predicted octanol–water partition coefficient (Wildman–Crippen LogP) is 4.49. The van der Waals surface area contributed by atoms with E-state index in [9.17, 15) is 4.79 Å². The van der Waals surface area contributed by atoms with Crippen molar-refractivity contribution >= 4 is 46.5 Å². The zero-order valence-electron chi connectivity index (χ0n) is 13.3. The van der Waals surface area contributed by atoms with Crippen molar-refractivity contribution in [3.05, 3.63) is 33.6 Å². The first kappa shape index (κ1) is 16.2. The second kappa shape index (κ2) is 7.27. The van der Waals surface area contributed by atoms with Gasteiger partial charge in [-0.2, -0.15) is 0 Å². The van der Waals surface area contributed by atoms with Crippen molar-refractivity contribution in [2.24, 2.45) is 0 Å². The summed E-state index contributed by atoms with van der Waals surface area (Å²) in [4.78, 5) is 23.4. The van der Waals surface area contributed by atoms with E-state index in [1.807, 2.05) is 6.08 Å². The molecule has 0 aliphatic carbocycles. The maximum atomic E-state index is 12.2. The molecule has 0 saturated heterocycles. The van der Waals surface area contributed by atoms with E-state index in [1.54, 1.807) is 29.3 Å². The van der Waals surface area contributed by atoms with Crippen molar-refractivity contribution in [2.75, 3.05) is 11.1 Å². The van der Waals surface area contributed by atoms with Gasteiger partial charge < -0.3 is 5.32 Å². The van der Waals surface area contributed by atoms with Crippen LogP contribution < -0.4 is 5.32 Å². The average molecular weight is 345 g/mol. The van der Waals surface area contributed by atoms with Gasteiger partial charge in [0.15, 0.2) is 5.16 Å². The minimum atomic E-state index is -0.101. The van der Waals surface area contributed by atoms with Crippen molar-refractivity contribution in [3.63, 3.8) is 0 Å². The molecule has 0 unspecified atom stereocenters. The monoisotopic (exact) mass is 345 g/mol. The molecule has 0 saturated carbocycles. The van der Waals surface area contributed by atoms with E-state index in [0.29, 0.717) is 16.5 Å². The number of hydrogen-bond donors (Lipinski definition) is 1. The quantitative estimate of drug-likeness (QED) is 0.476. The molecule has 23 heavy (non-hydrogen) atoms. The standard InChI is InChI=1S/C17H19N3OS2/c1-3-5-6-11-7-8-12(23-11)9-13-14-10-18-17(22-4-2)20-15(14)19-16(13)21/h7-10H,3-6H2,1-2H3,(H,18,19,20,21). The predicted molar refractivity (Wildman–Crippen MR) is 97.9 cm³/mol. The normalized spacial score (nSPS) is 15.0. The second-order valence-corrected chi connectivity index (χ2v) is 7.70. The summed E-state index contributed by atoms with van der Waals surface area (Å²) >= 11 is 3.31. The first-order valence-electron chi connectivity index (χ1n) is 7.83. The van der Waals surface area contributed by atoms with E-state index in [1.165, 1.54) is 17.7 Å². The number of unbranched alkanes of at least 4 members (excludes halogenated alkanes) is 1. The van der Waals surface area contributed by atoms with Crippen molar-refractivity contribution in [1.29, 1.82) is 0 Å². The Morgan fingerprint density at radius 2 is 2.22 bits per heavy atom. The average Bonchev–Trinajstić information content (AvgIpc) is 3.11. The highest BCUT2D eigenvalue weighted by molar-refractivity contribution is 7.99. The van der Waals surface area contributed by atoms with Crippen molar-refractivity contribution in [2.45, 2.75) is 38.3 Å². The molecule has 0 radical (unpaired) electrons. The Bertz CT molecular complexity index is 752. The number of thioether (sulfide) groups is 1. The number of carbonyl (C=O) groups excluding carboxylic acids is 1. The van der Waals surface area contributed by atoms with Crippen LogP contribution in [0.2, 0.25) is 0 Å². The molecular weight excluding hydrogens is 326 g/mol. The lowest BCUT2D eigenvalue weighted by Gasteiger charge is -2.00. The van der Waals surface area contributed by atoms with Gasteiger partial charge in [-0.25, -0.2) is 9.97 Å². The summed E-state index contributed by atoms with van der Waals surface area (Å²) in [7, 11) is 0. The van der Waals surface area contributed by atoms with Crippen LogP contribution in [-0.4, -0.2) is 21.6 Å². The number of hydrogen-bond acceptors (Lipinski definition) is 5. The lowest BCUT2D eigenvalue weighted by molar-refractivity contribution is -0.110. The molecule has 1 aliphatic heterocycles. The van der Waals surface area contributed by atoms with Gasteiger partial charge in [-0.3, -0.25) is 4.79 Å². The van der Waals surface area contributed by atoms with E-state index < -0.39 is 0 Å². The molecule has 6 heteroatoms. The SMILES string of the molecule is CCCCc1ccc(C=C2C(=O)Nc3nc(SCC)ncc32)s1. The van der Waals surface area contributed by atoms with Crippen molar-refractivity contribution < 1.29 is 4.79 Å². The van der Waals surface area contributed by atoms with E-state index in [-0.39, 0.29) is 5.91 Å². The number of amides is 1. The third-order valence-electron chi connectivity index (χ3n) is 3.55. The smallest absolute Gasteiger partial charge is 0.257 e. The summed E-state index contributed by atoms with van der Waals surface area (Å²) in [6, 6.07) is 4.23. The molecule has 0 spiro atoms. The van der Waals surface area contributed by atoms with Crippen LogP contribution in [-0.2, 0) is 11.2 Å². The third-order valence-corrected chi connectivity index (χ3v) is 5.39. The van der Waals surface area contributed by atoms with Crippen molar-refractivity contribution in [3.8, 4) is 0 Å². The van der Waals surface area contributed by atoms with Gasteiger partial charge in [0, 0.05) is 21.5 Å². The number of fused-ring (bicyclic) bond motifs is 1. The molecule has 3 rings (SSSR count). The van der Waals surface area contributed by atoms with E-state index >= 15 is 0 Å². The van der Waals surface area contributed by atoms with Crippen LogP contribution in [0, 0.1) is 0 Å². The topological polar surface area (TPSA) is 54.9 Å². The summed E-state index contributed by atoms with van der Waals surface area (Å²) in [6.45, 7) is 4.25. The fraction of sp³-hybridized carbons (Fsp3) is 0.353. The zero-order chi connectivity index (χ0) is 16.2. The van der Waals surface area contributed by atoms with Gasteiger partial charge in [-0.05, 0) is 36.8 Å². The van der Waals surface area contributed by atoms with Crippen LogP contribution in [0.4, 0.5) is 5.82 Å². The van der Waals surface area contributed by atoms with Crippen LogP contribution in [0.15, 0.2) is 23.5 Å². The number of carbonyl (C=O) groups is 1. The molecule has 0 fully saturated rings. The highest BCUT2D eigenvalue weighted by Crippen LogP contribution is 2.33. The number of aryl methyl sites for hydroxylation is 1. The van der Waals surface area contributed by atoms with Crippen molar-refractivity contribution in [1.82, 2.24) is 9.97 Å². The van der Waals surface area contributed by atoms with Crippen LogP contribution in [0.5, 0.6) is 0 Å². The van der Waals surface area contributed by atoms with Gasteiger partial charge in [0.05, 0.1) is 5.57 Å². The molecule has 0 bridgehead atoms. The largest absolute Gasteiger partial charge is 0.306 e. The number of nitrogens with one attached hydrogen (secondary N) is 1. The maximum absolute atomic E-state index is 12.2. The Kier molecular flexibility index (Phi) is 5.13. The summed E-state index contributed by atoms with van der Waals surface area (Å²) in [5.41, 5.74) is 1.44. The lowest BCUT2D eigenvalue weighted by atomic mass is 10.1. The Morgan fingerprint density at radius 3 is 3.00 bits per heavy atom. The Balaban J connectivity index is 1.86. The molecule has 4 nitrogen and oxygen atoms in total. The highest BCUT2D eigenvalue weighted by atomic mass is 32.2. The molecular formula is C17H19N3OS2. The fourth-order valence-electron chi connectivity index (χ4n) is 2.40. The van der Waals surface area contributed by atoms with Crippen LogP contribution >= 0.6 is 23.1 Å². The maximum Gasteiger partial charge on any atom is 0.257 e. The minimum absolute atomic E-state index is 0.101. The third kappa shape index (κ3) is 3.64. The number of rotatable bonds is 6. The molecule has 0 aromatic carbocycles. The van der Waals surface area contributed by atoms with Gasteiger partial charge in [0.25, 0.3) is 5.91 Å². The first-order valence-corrected chi connectivity index (χ1v) is 9.63. The molecule has 3 heterocycles. The fourth-order valence-corrected chi connectivity index (χ4v) is 3.94. The first-order chi connectivity index (χ1) is 11.2. The molecule has 1 aliphatic rings. The Hall–Kier alpha value is -1.66. The summed E-state index contributed by atoms with van der Waals surface area (Å²) in [5, 5.41) is 3.54. The van der Waals surface area contributed by atoms with Gasteiger partial charge in [0.1, 0.15) is 5.82 Å². The number of thiophene rings is 1. The molecule has 1 amide bonds. The van der Waals surface area contributed by atoms with Crippen LogP contribution in [0.3, 0.4) is 0 Å². The van der Waals surface area contributed by atoms with Gasteiger partial charge in [-0.15, -0.1) is 11.3 Å². The summed E-state index contributed by atoms with van der Waals surface area (Å²) in [6.07, 6.45) is 7.19. The highest BCUT2D eigenvalue weighted by Gasteiger charge is 2.26. The molecule has 2 aromatic heterocycles. The van der Waals surface area contributed by atoms with Crippen LogP contribution in [0.25, 0.3) is 11.6 Å². The Morgan fingerprint density at radius 1 is 1.35 bits per heavy atom. The molecule has 1 N–H and O–H groups in total. The summed E-state index contributed by atoms with van der Waals surface area (Å²) < 4.78 is 0. The zero-order valence-corrected chi connectivity index (χ0v) is 14.9. The minimum Gasteiger partial charge on any atom is -0.306 e. The van der Waals surface area contributed by atoms with E-state index in [4.69, 9.17) is 0 Å². The van der Waals surface area contributed by atoms with Crippen LogP contribution in [0.1, 0.15) is 42.0 Å². The second-order valence-electron chi connectivity index (χ2n) is 5.27. The summed E-state index contributed by atoms with van der Waals surface area (Å²) in [5.74, 6) is 1.43. The van der Waals surface area contributed by atoms with Gasteiger partial charge in [0.2, 0.25) is 0 Å². The van der Waals surface area contributed by atoms with Gasteiger partial charge in [-0.1, -0.05) is 32.0 Å². The lowest BCUT2D eigenvalue weighted by Crippen LogP contribution is -2.04. The van der Waals surface area contributed by atoms with Gasteiger partial charge >= 0.3 is 0 Å². The number of aromatic nitrogens is 2. The van der Waals surface area contributed by atoms with E-state index in [2.05, 4.69) is 41.3 Å². The Labute approximate surface area is 144 Å². The molecule has 2 aromatic rings.